The van der Waals surface area contributed by atoms with Crippen molar-refractivity contribution in [2.75, 3.05) is 13.1 Å². The Morgan fingerprint density at radius 2 is 2.00 bits per heavy atom. The largest absolute Gasteiger partial charge is 0.316 e. The van der Waals surface area contributed by atoms with Gasteiger partial charge in [-0.2, -0.15) is 0 Å². The molecule has 0 saturated carbocycles. The molecule has 1 unspecified atom stereocenters. The van der Waals surface area contributed by atoms with Gasteiger partial charge in [0.15, 0.2) is 0 Å². The van der Waals surface area contributed by atoms with Crippen molar-refractivity contribution in [3.8, 4) is 0 Å². The van der Waals surface area contributed by atoms with Crippen molar-refractivity contribution in [1.82, 2.24) is 10.3 Å². The van der Waals surface area contributed by atoms with E-state index in [2.05, 4.69) is 79.4 Å². The van der Waals surface area contributed by atoms with E-state index in [1.807, 2.05) is 12.4 Å². The zero-order chi connectivity index (χ0) is 15.1. The molecular weight excluding hydrogens is 392 g/mol. The Morgan fingerprint density at radius 1 is 1.14 bits per heavy atom. The molecular formula is C17H20Br2N2. The zero-order valence-corrected chi connectivity index (χ0v) is 15.3. The van der Waals surface area contributed by atoms with Crippen LogP contribution in [0, 0.1) is 0 Å². The first-order valence-corrected chi connectivity index (χ1v) is 8.83. The van der Waals surface area contributed by atoms with Crippen LogP contribution in [0.25, 0.3) is 0 Å². The lowest BCUT2D eigenvalue weighted by atomic mass is 9.92. The number of aromatic nitrogens is 1. The summed E-state index contributed by atoms with van der Waals surface area (Å²) in [7, 11) is 0. The maximum absolute atomic E-state index is 4.27. The van der Waals surface area contributed by atoms with Gasteiger partial charge in [-0.15, -0.1) is 0 Å². The fourth-order valence-corrected chi connectivity index (χ4v) is 3.20. The molecule has 0 saturated heterocycles. The molecule has 2 rings (SSSR count). The highest BCUT2D eigenvalue weighted by molar-refractivity contribution is 9.10. The monoisotopic (exact) mass is 410 g/mol. The summed E-state index contributed by atoms with van der Waals surface area (Å²) in [5.74, 6) is 0.449. The van der Waals surface area contributed by atoms with Gasteiger partial charge in [0.05, 0.1) is 0 Å². The minimum absolute atomic E-state index is 0.449. The van der Waals surface area contributed by atoms with E-state index in [0.29, 0.717) is 5.92 Å². The van der Waals surface area contributed by atoms with Gasteiger partial charge in [0.2, 0.25) is 0 Å². The molecule has 2 nitrogen and oxygen atoms in total. The summed E-state index contributed by atoms with van der Waals surface area (Å²) in [6.45, 7) is 4.23. The zero-order valence-electron chi connectivity index (χ0n) is 12.2. The van der Waals surface area contributed by atoms with Crippen molar-refractivity contribution in [1.29, 1.82) is 0 Å². The molecule has 0 bridgehead atoms. The van der Waals surface area contributed by atoms with Gasteiger partial charge in [0, 0.05) is 33.8 Å². The average Bonchev–Trinajstić information content (AvgIpc) is 2.46. The first-order chi connectivity index (χ1) is 10.2. The second-order valence-corrected chi connectivity index (χ2v) is 7.00. The van der Waals surface area contributed by atoms with E-state index in [1.54, 1.807) is 0 Å². The Balaban J connectivity index is 2.15. The number of nitrogens with zero attached hydrogens (tertiary/aromatic N) is 1. The molecule has 2 aromatic rings. The Morgan fingerprint density at radius 3 is 2.71 bits per heavy atom. The lowest BCUT2D eigenvalue weighted by Gasteiger charge is -2.18. The van der Waals surface area contributed by atoms with E-state index in [4.69, 9.17) is 0 Å². The van der Waals surface area contributed by atoms with E-state index >= 15 is 0 Å². The van der Waals surface area contributed by atoms with Gasteiger partial charge in [-0.25, -0.2) is 0 Å². The van der Waals surface area contributed by atoms with Crippen LogP contribution in [0.15, 0.2) is 51.7 Å². The maximum Gasteiger partial charge on any atom is 0.0410 e. The molecule has 0 amide bonds. The van der Waals surface area contributed by atoms with E-state index in [1.165, 1.54) is 11.1 Å². The predicted molar refractivity (Wildman–Crippen MR) is 95.7 cm³/mol. The molecule has 1 aromatic carbocycles. The molecule has 1 N–H and O–H groups in total. The van der Waals surface area contributed by atoms with Crippen LogP contribution in [0.1, 0.15) is 30.4 Å². The summed E-state index contributed by atoms with van der Waals surface area (Å²) in [5, 5.41) is 3.54. The first kappa shape index (κ1) is 16.7. The molecule has 0 aliphatic carbocycles. The number of nitrogens with one attached hydrogen (secondary N) is 1. The Bertz CT molecular complexity index is 572. The SMILES string of the molecule is CCCNCC(Cc1cncc(Br)c1)c1cccc(Br)c1. The fourth-order valence-electron chi connectivity index (χ4n) is 2.37. The fraction of sp³-hybridized carbons (Fsp3) is 0.353. The molecule has 4 heteroatoms. The number of halogens is 2. The predicted octanol–water partition coefficient (Wildman–Crippen LogP) is 4.93. The topological polar surface area (TPSA) is 24.9 Å². The Hall–Kier alpha value is -0.710. The van der Waals surface area contributed by atoms with E-state index < -0.39 is 0 Å². The molecule has 1 aromatic heterocycles. The summed E-state index contributed by atoms with van der Waals surface area (Å²) in [5.41, 5.74) is 2.61. The minimum Gasteiger partial charge on any atom is -0.316 e. The van der Waals surface area contributed by atoms with Crippen LogP contribution < -0.4 is 5.32 Å². The number of pyridine rings is 1. The Labute approximate surface area is 143 Å². The third-order valence-electron chi connectivity index (χ3n) is 3.38. The van der Waals surface area contributed by atoms with Crippen molar-refractivity contribution >= 4 is 31.9 Å². The molecule has 1 atom stereocenters. The van der Waals surface area contributed by atoms with Crippen LogP contribution in [0.2, 0.25) is 0 Å². The highest BCUT2D eigenvalue weighted by Crippen LogP contribution is 2.24. The quantitative estimate of drug-likeness (QED) is 0.653. The summed E-state index contributed by atoms with van der Waals surface area (Å²) < 4.78 is 2.17. The molecule has 0 aliphatic heterocycles. The minimum atomic E-state index is 0.449. The van der Waals surface area contributed by atoms with Gasteiger partial charge < -0.3 is 5.32 Å². The second-order valence-electron chi connectivity index (χ2n) is 5.17. The summed E-state index contributed by atoms with van der Waals surface area (Å²) in [4.78, 5) is 4.27. The van der Waals surface area contributed by atoms with Gasteiger partial charge >= 0.3 is 0 Å². The van der Waals surface area contributed by atoms with Gasteiger partial charge in [0.25, 0.3) is 0 Å². The number of rotatable bonds is 7. The number of hydrogen-bond donors (Lipinski definition) is 1. The number of benzene rings is 1. The van der Waals surface area contributed by atoms with Gasteiger partial charge in [-0.1, -0.05) is 35.0 Å². The molecule has 21 heavy (non-hydrogen) atoms. The van der Waals surface area contributed by atoms with E-state index in [0.717, 1.165) is 34.9 Å². The third-order valence-corrected chi connectivity index (χ3v) is 4.31. The number of hydrogen-bond acceptors (Lipinski definition) is 2. The van der Waals surface area contributed by atoms with Crippen molar-refractivity contribution in [3.05, 3.63) is 62.8 Å². The van der Waals surface area contributed by atoms with Gasteiger partial charge in [-0.3, -0.25) is 4.98 Å². The van der Waals surface area contributed by atoms with Crippen molar-refractivity contribution in [2.24, 2.45) is 0 Å². The summed E-state index contributed by atoms with van der Waals surface area (Å²) >= 11 is 7.07. The van der Waals surface area contributed by atoms with Crippen LogP contribution in [-0.4, -0.2) is 18.1 Å². The molecule has 0 fully saturated rings. The molecule has 0 aliphatic rings. The van der Waals surface area contributed by atoms with Crippen LogP contribution >= 0.6 is 31.9 Å². The summed E-state index contributed by atoms with van der Waals surface area (Å²) in [6, 6.07) is 10.7. The van der Waals surface area contributed by atoms with E-state index in [9.17, 15) is 0 Å². The molecule has 0 spiro atoms. The van der Waals surface area contributed by atoms with Gasteiger partial charge in [0.1, 0.15) is 0 Å². The average molecular weight is 412 g/mol. The van der Waals surface area contributed by atoms with Gasteiger partial charge in [-0.05, 0) is 64.6 Å². The molecule has 0 radical (unpaired) electrons. The van der Waals surface area contributed by atoms with Crippen molar-refractivity contribution in [3.63, 3.8) is 0 Å². The van der Waals surface area contributed by atoms with E-state index in [-0.39, 0.29) is 0 Å². The van der Waals surface area contributed by atoms with Crippen LogP contribution in [0.4, 0.5) is 0 Å². The highest BCUT2D eigenvalue weighted by atomic mass is 79.9. The lowest BCUT2D eigenvalue weighted by Crippen LogP contribution is -2.23. The van der Waals surface area contributed by atoms with Crippen LogP contribution in [-0.2, 0) is 6.42 Å². The maximum atomic E-state index is 4.27. The molecule has 112 valence electrons. The second kappa shape index (κ2) is 8.66. The smallest absolute Gasteiger partial charge is 0.0410 e. The highest BCUT2D eigenvalue weighted by Gasteiger charge is 2.13. The lowest BCUT2D eigenvalue weighted by molar-refractivity contribution is 0.576. The summed E-state index contributed by atoms with van der Waals surface area (Å²) in [6.07, 6.45) is 5.92. The van der Waals surface area contributed by atoms with Crippen molar-refractivity contribution in [2.45, 2.75) is 25.7 Å². The normalized spacial score (nSPS) is 12.3. The van der Waals surface area contributed by atoms with Crippen molar-refractivity contribution < 1.29 is 0 Å². The van der Waals surface area contributed by atoms with Crippen LogP contribution in [0.5, 0.6) is 0 Å². The standard InChI is InChI=1S/C17H20Br2N2/c1-2-6-20-11-15(14-4-3-5-16(18)9-14)7-13-8-17(19)12-21-10-13/h3-5,8-10,12,15,20H,2,6-7,11H2,1H3. The van der Waals surface area contributed by atoms with Crippen LogP contribution in [0.3, 0.4) is 0 Å². The Kier molecular flexibility index (Phi) is 6.87. The molecule has 1 heterocycles. The third kappa shape index (κ3) is 5.53. The first-order valence-electron chi connectivity index (χ1n) is 7.24.